The van der Waals surface area contributed by atoms with Crippen LogP contribution in [0.1, 0.15) is 62.1 Å². The van der Waals surface area contributed by atoms with Crippen molar-refractivity contribution in [1.29, 1.82) is 0 Å². The predicted molar refractivity (Wildman–Crippen MR) is 83.7 cm³/mol. The summed E-state index contributed by atoms with van der Waals surface area (Å²) in [4.78, 5) is 6.20. The lowest BCUT2D eigenvalue weighted by molar-refractivity contribution is 0.888. The highest BCUT2D eigenvalue weighted by atomic mass is 32.1. The van der Waals surface area contributed by atoms with E-state index in [2.05, 4.69) is 29.4 Å². The average molecular weight is 306 g/mol. The van der Waals surface area contributed by atoms with Crippen LogP contribution in [0.3, 0.4) is 0 Å². The average Bonchev–Trinajstić information content (AvgIpc) is 3.33. The van der Waals surface area contributed by atoms with Crippen molar-refractivity contribution in [2.75, 3.05) is 5.32 Å². The second-order valence-corrected chi connectivity index (χ2v) is 8.03. The minimum atomic E-state index is 0.391. The molecule has 0 spiro atoms. The van der Waals surface area contributed by atoms with Crippen molar-refractivity contribution in [2.45, 2.75) is 57.4 Å². The van der Waals surface area contributed by atoms with Crippen LogP contribution in [0.5, 0.6) is 0 Å². The molecule has 2 aliphatic carbocycles. The molecule has 1 N–H and O–H groups in total. The first kappa shape index (κ1) is 12.7. The highest BCUT2D eigenvalue weighted by Gasteiger charge is 2.35. The zero-order valence-corrected chi connectivity index (χ0v) is 13.4. The zero-order valence-electron chi connectivity index (χ0n) is 11.7. The van der Waals surface area contributed by atoms with Crippen LogP contribution >= 0.6 is 22.7 Å². The van der Waals surface area contributed by atoms with Crippen LogP contribution in [0.2, 0.25) is 0 Å². The van der Waals surface area contributed by atoms with Crippen LogP contribution in [-0.2, 0) is 0 Å². The molecule has 0 saturated heterocycles. The molecule has 0 radical (unpaired) electrons. The van der Waals surface area contributed by atoms with Gasteiger partial charge in [0.15, 0.2) is 5.01 Å². The number of anilines is 1. The van der Waals surface area contributed by atoms with Gasteiger partial charge in [-0.1, -0.05) is 11.3 Å². The van der Waals surface area contributed by atoms with Gasteiger partial charge in [0.1, 0.15) is 0 Å². The number of nitrogens with zero attached hydrogens (tertiary/aromatic N) is 3. The highest BCUT2D eigenvalue weighted by Crippen LogP contribution is 2.51. The summed E-state index contributed by atoms with van der Waals surface area (Å²) < 4.78 is 0. The van der Waals surface area contributed by atoms with Crippen LogP contribution in [0.15, 0.2) is 0 Å². The molecular weight excluding hydrogens is 288 g/mol. The molecule has 6 heteroatoms. The third-order valence-corrected chi connectivity index (χ3v) is 5.83. The number of rotatable bonds is 5. The van der Waals surface area contributed by atoms with Crippen molar-refractivity contribution in [3.05, 3.63) is 10.7 Å². The Morgan fingerprint density at radius 1 is 1.05 bits per heavy atom. The van der Waals surface area contributed by atoms with E-state index in [-0.39, 0.29) is 0 Å². The van der Waals surface area contributed by atoms with Crippen LogP contribution in [0.4, 0.5) is 5.13 Å². The molecule has 0 amide bonds. The Labute approximate surface area is 126 Å². The summed E-state index contributed by atoms with van der Waals surface area (Å²) in [5.74, 6) is 1.41. The van der Waals surface area contributed by atoms with Crippen molar-refractivity contribution < 1.29 is 0 Å². The molecule has 0 aliphatic heterocycles. The van der Waals surface area contributed by atoms with Crippen LogP contribution in [0, 0.1) is 0 Å². The molecule has 4 rings (SSSR count). The Morgan fingerprint density at radius 3 is 2.45 bits per heavy atom. The minimum Gasteiger partial charge on any atom is -0.358 e. The monoisotopic (exact) mass is 306 g/mol. The number of nitrogens with one attached hydrogen (secondary N) is 1. The Morgan fingerprint density at radius 2 is 1.80 bits per heavy atom. The van der Waals surface area contributed by atoms with Crippen molar-refractivity contribution in [1.82, 2.24) is 15.2 Å². The summed E-state index contributed by atoms with van der Waals surface area (Å²) in [5.41, 5.74) is 1.30. The first-order valence-corrected chi connectivity index (χ1v) is 8.95. The molecule has 2 fully saturated rings. The molecule has 0 aromatic carbocycles. The van der Waals surface area contributed by atoms with Crippen molar-refractivity contribution in [2.24, 2.45) is 0 Å². The van der Waals surface area contributed by atoms with Gasteiger partial charge in [0.2, 0.25) is 5.13 Å². The van der Waals surface area contributed by atoms with E-state index < -0.39 is 0 Å². The Balaban J connectivity index is 1.67. The predicted octanol–water partition coefficient (Wildman–Crippen LogP) is 4.24. The lowest BCUT2D eigenvalue weighted by atomic mass is 10.2. The molecule has 20 heavy (non-hydrogen) atoms. The van der Waals surface area contributed by atoms with E-state index in [0.717, 1.165) is 16.1 Å². The van der Waals surface area contributed by atoms with Gasteiger partial charge in [-0.3, -0.25) is 0 Å². The maximum absolute atomic E-state index is 4.92. The fourth-order valence-electron chi connectivity index (χ4n) is 2.26. The topological polar surface area (TPSA) is 50.7 Å². The SMILES string of the molecule is CC(C)Nc1nnc(-c2sc(C3CC3)nc2C2CC2)s1. The number of hydrogen-bond acceptors (Lipinski definition) is 6. The first-order valence-electron chi connectivity index (χ1n) is 7.31. The molecule has 2 aliphatic rings. The summed E-state index contributed by atoms with van der Waals surface area (Å²) in [6, 6.07) is 0.391. The van der Waals surface area contributed by atoms with Crippen molar-refractivity contribution in [3.63, 3.8) is 0 Å². The van der Waals surface area contributed by atoms with Crippen molar-refractivity contribution >= 4 is 27.8 Å². The van der Waals surface area contributed by atoms with E-state index in [0.29, 0.717) is 12.0 Å². The Hall–Kier alpha value is -1.01. The van der Waals surface area contributed by atoms with E-state index in [1.165, 1.54) is 41.3 Å². The van der Waals surface area contributed by atoms with E-state index in [1.54, 1.807) is 11.3 Å². The van der Waals surface area contributed by atoms with E-state index in [1.807, 2.05) is 11.3 Å². The lowest BCUT2D eigenvalue weighted by Crippen LogP contribution is -2.08. The lowest BCUT2D eigenvalue weighted by Gasteiger charge is -2.03. The smallest absolute Gasteiger partial charge is 0.206 e. The molecule has 2 aromatic heterocycles. The van der Waals surface area contributed by atoms with Gasteiger partial charge in [0.05, 0.1) is 15.6 Å². The number of hydrogen-bond donors (Lipinski definition) is 1. The van der Waals surface area contributed by atoms with Gasteiger partial charge in [0, 0.05) is 17.9 Å². The molecule has 0 unspecified atom stereocenters. The van der Waals surface area contributed by atoms with Crippen LogP contribution in [-0.4, -0.2) is 21.2 Å². The quantitative estimate of drug-likeness (QED) is 0.898. The maximum atomic E-state index is 4.92. The zero-order chi connectivity index (χ0) is 13.7. The van der Waals surface area contributed by atoms with Crippen LogP contribution in [0.25, 0.3) is 9.88 Å². The molecule has 2 aromatic rings. The van der Waals surface area contributed by atoms with Gasteiger partial charge in [-0.25, -0.2) is 4.98 Å². The van der Waals surface area contributed by atoms with Gasteiger partial charge in [-0.2, -0.15) is 0 Å². The Kier molecular flexibility index (Phi) is 3.03. The first-order chi connectivity index (χ1) is 9.70. The van der Waals surface area contributed by atoms with Gasteiger partial charge in [0.25, 0.3) is 0 Å². The standard InChI is InChI=1S/C14H18N4S2/c1-7(2)15-14-18-17-13(20-14)11-10(8-3-4-8)16-12(19-11)9-5-6-9/h7-9H,3-6H2,1-2H3,(H,15,18). The fraction of sp³-hybridized carbons (Fsp3) is 0.643. The fourth-order valence-corrected chi connectivity index (χ4v) is 4.55. The molecule has 2 saturated carbocycles. The highest BCUT2D eigenvalue weighted by molar-refractivity contribution is 7.23. The van der Waals surface area contributed by atoms with Gasteiger partial charge in [-0.15, -0.1) is 21.5 Å². The summed E-state index contributed by atoms with van der Waals surface area (Å²) in [7, 11) is 0. The van der Waals surface area contributed by atoms with Crippen molar-refractivity contribution in [3.8, 4) is 9.88 Å². The summed E-state index contributed by atoms with van der Waals surface area (Å²) in [6.07, 6.45) is 5.20. The van der Waals surface area contributed by atoms with Gasteiger partial charge < -0.3 is 5.32 Å². The summed E-state index contributed by atoms with van der Waals surface area (Å²) >= 11 is 3.51. The Bertz CT molecular complexity index is 623. The number of thiazole rings is 1. The third-order valence-electron chi connectivity index (χ3n) is 3.59. The largest absolute Gasteiger partial charge is 0.358 e. The molecule has 106 valence electrons. The van der Waals surface area contributed by atoms with Crippen LogP contribution < -0.4 is 5.32 Å². The second kappa shape index (κ2) is 4.77. The number of aromatic nitrogens is 3. The van der Waals surface area contributed by atoms with Gasteiger partial charge in [-0.05, 0) is 39.5 Å². The maximum Gasteiger partial charge on any atom is 0.206 e. The van der Waals surface area contributed by atoms with Gasteiger partial charge >= 0.3 is 0 Å². The third kappa shape index (κ3) is 2.46. The summed E-state index contributed by atoms with van der Waals surface area (Å²) in [6.45, 7) is 4.24. The second-order valence-electron chi connectivity index (χ2n) is 6.03. The summed E-state index contributed by atoms with van der Waals surface area (Å²) in [5, 5.41) is 15.3. The van der Waals surface area contributed by atoms with E-state index in [4.69, 9.17) is 4.98 Å². The molecule has 0 bridgehead atoms. The normalized spacial score (nSPS) is 18.8. The molecule has 0 atom stereocenters. The minimum absolute atomic E-state index is 0.391. The molecule has 2 heterocycles. The molecular formula is C14H18N4S2. The van der Waals surface area contributed by atoms with E-state index in [9.17, 15) is 0 Å². The molecule has 4 nitrogen and oxygen atoms in total. The van der Waals surface area contributed by atoms with E-state index >= 15 is 0 Å².